The molecule has 1 aromatic heterocycles. The van der Waals surface area contributed by atoms with Crippen LogP contribution in [0.4, 0.5) is 5.69 Å². The first-order valence-corrected chi connectivity index (χ1v) is 9.34. The Labute approximate surface area is 149 Å². The van der Waals surface area contributed by atoms with Crippen LogP contribution in [0.15, 0.2) is 27.6 Å². The van der Waals surface area contributed by atoms with Crippen molar-refractivity contribution >= 4 is 27.5 Å². The number of fused-ring (bicyclic) bond motifs is 1. The van der Waals surface area contributed by atoms with Gasteiger partial charge in [0.2, 0.25) is 0 Å². The molecule has 0 fully saturated rings. The predicted molar refractivity (Wildman–Crippen MR) is 90.4 cm³/mol. The second kappa shape index (κ2) is 6.45. The quantitative estimate of drug-likeness (QED) is 0.821. The van der Waals surface area contributed by atoms with Gasteiger partial charge in [-0.2, -0.15) is 0 Å². The molecule has 3 rings (SSSR count). The van der Waals surface area contributed by atoms with E-state index in [0.29, 0.717) is 23.4 Å². The summed E-state index contributed by atoms with van der Waals surface area (Å²) in [5, 5.41) is 6.19. The van der Waals surface area contributed by atoms with Gasteiger partial charge in [0.05, 0.1) is 10.6 Å². The molecule has 0 unspecified atom stereocenters. The van der Waals surface area contributed by atoms with Crippen LogP contribution in [-0.2, 0) is 21.2 Å². The number of amides is 2. The highest BCUT2D eigenvalue weighted by molar-refractivity contribution is 7.90. The summed E-state index contributed by atoms with van der Waals surface area (Å²) in [5.41, 5.74) is 0.593. The Bertz CT molecular complexity index is 995. The number of aromatic nitrogens is 1. The van der Waals surface area contributed by atoms with Gasteiger partial charge in [-0.15, -0.1) is 0 Å². The van der Waals surface area contributed by atoms with Crippen molar-refractivity contribution in [3.05, 3.63) is 35.2 Å². The van der Waals surface area contributed by atoms with Crippen LogP contribution < -0.4 is 14.8 Å². The summed E-state index contributed by atoms with van der Waals surface area (Å²) < 4.78 is 37.5. The molecule has 26 heavy (non-hydrogen) atoms. The molecule has 9 nitrogen and oxygen atoms in total. The second-order valence-corrected chi connectivity index (χ2v) is 7.48. The van der Waals surface area contributed by atoms with Gasteiger partial charge in [-0.3, -0.25) is 9.59 Å². The predicted octanol–water partition coefficient (Wildman–Crippen LogP) is 1.38. The molecule has 0 saturated heterocycles. The fraction of sp³-hybridized carbons (Fsp3) is 0.312. The Morgan fingerprint density at radius 2 is 2.08 bits per heavy atom. The Morgan fingerprint density at radius 1 is 1.35 bits per heavy atom. The van der Waals surface area contributed by atoms with E-state index in [1.54, 1.807) is 13.8 Å². The number of carbonyl (C=O) groups is 2. The van der Waals surface area contributed by atoms with E-state index < -0.39 is 22.0 Å². The Balaban J connectivity index is 1.91. The zero-order valence-electron chi connectivity index (χ0n) is 14.3. The Morgan fingerprint density at radius 3 is 2.73 bits per heavy atom. The number of rotatable bonds is 4. The van der Waals surface area contributed by atoms with E-state index >= 15 is 0 Å². The molecule has 1 aromatic carbocycles. The zero-order valence-corrected chi connectivity index (χ0v) is 15.1. The van der Waals surface area contributed by atoms with Crippen LogP contribution in [0.3, 0.4) is 0 Å². The van der Waals surface area contributed by atoms with Crippen molar-refractivity contribution in [1.29, 1.82) is 0 Å². The third-order valence-electron chi connectivity index (χ3n) is 3.86. The topological polar surface area (TPSA) is 128 Å². The fourth-order valence-electron chi connectivity index (χ4n) is 2.45. The largest absolute Gasteiger partial charge is 0.479 e. The van der Waals surface area contributed by atoms with Gasteiger partial charge in [-0.05, 0) is 25.5 Å². The van der Waals surface area contributed by atoms with Gasteiger partial charge in [0.1, 0.15) is 11.5 Å². The number of anilines is 1. The van der Waals surface area contributed by atoms with Crippen LogP contribution in [0, 0.1) is 6.92 Å². The highest BCUT2D eigenvalue weighted by atomic mass is 32.2. The molecule has 1 aliphatic heterocycles. The summed E-state index contributed by atoms with van der Waals surface area (Å²) >= 11 is 0. The molecule has 0 saturated carbocycles. The molecule has 0 spiro atoms. The van der Waals surface area contributed by atoms with Crippen LogP contribution in [0.1, 0.15) is 35.7 Å². The number of aryl methyl sites for hydroxylation is 2. The monoisotopic (exact) mass is 379 g/mol. The normalized spacial score (nSPS) is 16.4. The molecule has 2 amide bonds. The molecule has 10 heteroatoms. The SMILES string of the molecule is CCc1cc(C(=O)NS(=O)(=O)c2cc3c(cc2C)NC(=O)[C@@H](C)O3)no1. The van der Waals surface area contributed by atoms with Gasteiger partial charge in [-0.25, -0.2) is 13.1 Å². The lowest BCUT2D eigenvalue weighted by Gasteiger charge is -2.24. The van der Waals surface area contributed by atoms with Crippen molar-refractivity contribution in [3.63, 3.8) is 0 Å². The van der Waals surface area contributed by atoms with Crippen LogP contribution in [0.25, 0.3) is 0 Å². The average Bonchev–Trinajstić information content (AvgIpc) is 3.04. The van der Waals surface area contributed by atoms with E-state index in [-0.39, 0.29) is 22.2 Å². The van der Waals surface area contributed by atoms with Crippen molar-refractivity contribution in [1.82, 2.24) is 9.88 Å². The van der Waals surface area contributed by atoms with Crippen LogP contribution >= 0.6 is 0 Å². The number of carbonyl (C=O) groups excluding carboxylic acids is 2. The molecular formula is C16H17N3O6S. The average molecular weight is 379 g/mol. The molecule has 0 aliphatic carbocycles. The summed E-state index contributed by atoms with van der Waals surface area (Å²) in [6.45, 7) is 4.91. The van der Waals surface area contributed by atoms with Gasteiger partial charge in [0.15, 0.2) is 11.8 Å². The number of sulfonamides is 1. The maximum absolute atomic E-state index is 12.6. The zero-order chi connectivity index (χ0) is 19.1. The van der Waals surface area contributed by atoms with E-state index in [4.69, 9.17) is 9.26 Å². The molecule has 2 heterocycles. The number of hydrogen-bond acceptors (Lipinski definition) is 7. The minimum absolute atomic E-state index is 0.127. The molecule has 2 N–H and O–H groups in total. The maximum atomic E-state index is 12.6. The van der Waals surface area contributed by atoms with Crippen LogP contribution in [0.2, 0.25) is 0 Å². The first-order chi connectivity index (χ1) is 12.2. The van der Waals surface area contributed by atoms with Gasteiger partial charge >= 0.3 is 0 Å². The second-order valence-electron chi connectivity index (χ2n) is 5.83. The standard InChI is InChI=1S/C16H17N3O6S/c1-4-10-6-12(18-25-10)16(21)19-26(22,23)14-7-13-11(5-8(14)2)17-15(20)9(3)24-13/h5-7,9H,4H2,1-3H3,(H,17,20)(H,19,21)/t9-/m1/s1. The first-order valence-electron chi connectivity index (χ1n) is 7.86. The van der Waals surface area contributed by atoms with Crippen molar-refractivity contribution in [2.75, 3.05) is 5.32 Å². The minimum atomic E-state index is -4.17. The van der Waals surface area contributed by atoms with Crippen molar-refractivity contribution in [3.8, 4) is 5.75 Å². The first kappa shape index (κ1) is 17.9. The van der Waals surface area contributed by atoms with E-state index in [1.807, 2.05) is 11.6 Å². The lowest BCUT2D eigenvalue weighted by atomic mass is 10.1. The van der Waals surface area contributed by atoms with Crippen LogP contribution in [0.5, 0.6) is 5.75 Å². The van der Waals surface area contributed by atoms with Crippen molar-refractivity contribution < 1.29 is 27.3 Å². The lowest BCUT2D eigenvalue weighted by Crippen LogP contribution is -2.35. The molecule has 138 valence electrons. The summed E-state index contributed by atoms with van der Waals surface area (Å²) in [4.78, 5) is 23.7. The molecule has 1 aliphatic rings. The Kier molecular flexibility index (Phi) is 4.45. The summed E-state index contributed by atoms with van der Waals surface area (Å²) in [6.07, 6.45) is -0.226. The van der Waals surface area contributed by atoms with E-state index in [0.717, 1.165) is 0 Å². The van der Waals surface area contributed by atoms with Gasteiger partial charge in [0, 0.05) is 18.6 Å². The summed E-state index contributed by atoms with van der Waals surface area (Å²) in [6, 6.07) is 4.13. The van der Waals surface area contributed by atoms with E-state index in [2.05, 4.69) is 10.5 Å². The van der Waals surface area contributed by atoms with Gasteiger partial charge in [-0.1, -0.05) is 12.1 Å². The van der Waals surface area contributed by atoms with Gasteiger partial charge < -0.3 is 14.6 Å². The number of nitrogens with zero attached hydrogens (tertiary/aromatic N) is 1. The smallest absolute Gasteiger partial charge is 0.287 e. The van der Waals surface area contributed by atoms with E-state index in [1.165, 1.54) is 18.2 Å². The summed E-state index contributed by atoms with van der Waals surface area (Å²) in [5.74, 6) is -0.535. The van der Waals surface area contributed by atoms with E-state index in [9.17, 15) is 18.0 Å². The lowest BCUT2D eigenvalue weighted by molar-refractivity contribution is -0.122. The third kappa shape index (κ3) is 3.27. The highest BCUT2D eigenvalue weighted by Crippen LogP contribution is 2.34. The molecular weight excluding hydrogens is 362 g/mol. The third-order valence-corrected chi connectivity index (χ3v) is 5.34. The molecule has 1 atom stereocenters. The van der Waals surface area contributed by atoms with Crippen LogP contribution in [-0.4, -0.2) is 31.5 Å². The number of hydrogen-bond donors (Lipinski definition) is 2. The molecule has 0 bridgehead atoms. The fourth-order valence-corrected chi connectivity index (χ4v) is 3.65. The number of benzene rings is 1. The Hall–Kier alpha value is -2.88. The number of nitrogens with one attached hydrogen (secondary N) is 2. The summed E-state index contributed by atoms with van der Waals surface area (Å²) in [7, 11) is -4.17. The highest BCUT2D eigenvalue weighted by Gasteiger charge is 2.28. The molecule has 0 radical (unpaired) electrons. The van der Waals surface area contributed by atoms with Crippen molar-refractivity contribution in [2.24, 2.45) is 0 Å². The van der Waals surface area contributed by atoms with Crippen molar-refractivity contribution in [2.45, 2.75) is 38.2 Å². The minimum Gasteiger partial charge on any atom is -0.479 e. The maximum Gasteiger partial charge on any atom is 0.287 e. The number of ether oxygens (including phenoxy) is 1. The van der Waals surface area contributed by atoms with Gasteiger partial charge in [0.25, 0.3) is 21.8 Å². The molecule has 2 aromatic rings.